The zero-order valence-corrected chi connectivity index (χ0v) is 16.6. The van der Waals surface area contributed by atoms with E-state index in [9.17, 15) is 13.2 Å². The Kier molecular flexibility index (Phi) is 5.37. The SMILES string of the molecule is O=C(N[C@@H]1CCN(Cc2ccccc2)C1)c1ccc(N2CCCS2(=O)=O)cc1. The van der Waals surface area contributed by atoms with E-state index in [0.29, 0.717) is 24.2 Å². The summed E-state index contributed by atoms with van der Waals surface area (Å²) in [5, 5.41) is 3.10. The first kappa shape index (κ1) is 19.0. The molecule has 28 heavy (non-hydrogen) atoms. The van der Waals surface area contributed by atoms with E-state index in [2.05, 4.69) is 22.3 Å². The molecule has 0 radical (unpaired) electrons. The number of nitrogens with one attached hydrogen (secondary N) is 1. The fourth-order valence-corrected chi connectivity index (χ4v) is 5.48. The highest BCUT2D eigenvalue weighted by Crippen LogP contribution is 2.24. The Morgan fingerprint density at radius 2 is 1.79 bits per heavy atom. The molecule has 0 spiro atoms. The summed E-state index contributed by atoms with van der Waals surface area (Å²) in [5.74, 6) is 0.0820. The third kappa shape index (κ3) is 4.20. The van der Waals surface area contributed by atoms with E-state index in [1.165, 1.54) is 9.87 Å². The second kappa shape index (κ2) is 7.93. The molecule has 2 saturated heterocycles. The average Bonchev–Trinajstić information content (AvgIpc) is 3.28. The van der Waals surface area contributed by atoms with Crippen LogP contribution in [0.5, 0.6) is 0 Å². The van der Waals surface area contributed by atoms with E-state index >= 15 is 0 Å². The van der Waals surface area contributed by atoms with E-state index in [0.717, 1.165) is 26.1 Å². The lowest BCUT2D eigenvalue weighted by molar-refractivity contribution is 0.0937. The Morgan fingerprint density at radius 3 is 2.46 bits per heavy atom. The molecule has 1 N–H and O–H groups in total. The zero-order chi connectivity index (χ0) is 19.6. The number of rotatable bonds is 5. The van der Waals surface area contributed by atoms with Gasteiger partial charge in [-0.2, -0.15) is 0 Å². The lowest BCUT2D eigenvalue weighted by atomic mass is 10.1. The summed E-state index contributed by atoms with van der Waals surface area (Å²) in [5.41, 5.74) is 2.47. The maximum absolute atomic E-state index is 12.6. The smallest absolute Gasteiger partial charge is 0.251 e. The van der Waals surface area contributed by atoms with Crippen molar-refractivity contribution in [3.8, 4) is 0 Å². The molecule has 0 aliphatic carbocycles. The van der Waals surface area contributed by atoms with Crippen molar-refractivity contribution in [3.05, 3.63) is 65.7 Å². The molecule has 148 valence electrons. The van der Waals surface area contributed by atoms with E-state index in [-0.39, 0.29) is 17.7 Å². The van der Waals surface area contributed by atoms with E-state index in [1.807, 2.05) is 18.2 Å². The number of benzene rings is 2. The van der Waals surface area contributed by atoms with Crippen molar-refractivity contribution in [2.24, 2.45) is 0 Å². The predicted molar refractivity (Wildman–Crippen MR) is 110 cm³/mol. The first-order chi connectivity index (χ1) is 13.5. The minimum atomic E-state index is -3.20. The summed E-state index contributed by atoms with van der Waals surface area (Å²) in [6, 6.07) is 17.3. The van der Waals surface area contributed by atoms with Crippen molar-refractivity contribution < 1.29 is 13.2 Å². The molecule has 2 aliphatic heterocycles. The molecule has 6 nitrogen and oxygen atoms in total. The normalized spacial score (nSPS) is 21.7. The number of nitrogens with zero attached hydrogens (tertiary/aromatic N) is 2. The van der Waals surface area contributed by atoms with Crippen molar-refractivity contribution in [3.63, 3.8) is 0 Å². The molecule has 2 fully saturated rings. The topological polar surface area (TPSA) is 69.7 Å². The molecule has 7 heteroatoms. The van der Waals surface area contributed by atoms with E-state index in [4.69, 9.17) is 0 Å². The van der Waals surface area contributed by atoms with Crippen molar-refractivity contribution in [1.82, 2.24) is 10.2 Å². The number of likely N-dealkylation sites (tertiary alicyclic amines) is 1. The highest BCUT2D eigenvalue weighted by molar-refractivity contribution is 7.93. The maximum atomic E-state index is 12.6. The van der Waals surface area contributed by atoms with Gasteiger partial charge in [0.05, 0.1) is 11.4 Å². The quantitative estimate of drug-likeness (QED) is 0.837. The molecule has 2 heterocycles. The van der Waals surface area contributed by atoms with Gasteiger partial charge in [0.2, 0.25) is 10.0 Å². The Balaban J connectivity index is 1.33. The summed E-state index contributed by atoms with van der Waals surface area (Å²) in [6.07, 6.45) is 1.58. The van der Waals surface area contributed by atoms with Gasteiger partial charge >= 0.3 is 0 Å². The fraction of sp³-hybridized carbons (Fsp3) is 0.381. The highest BCUT2D eigenvalue weighted by Gasteiger charge is 2.28. The lowest BCUT2D eigenvalue weighted by Crippen LogP contribution is -2.37. The van der Waals surface area contributed by atoms with Crippen LogP contribution < -0.4 is 9.62 Å². The van der Waals surface area contributed by atoms with Crippen molar-refractivity contribution in [2.45, 2.75) is 25.4 Å². The second-order valence-corrected chi connectivity index (χ2v) is 9.48. The van der Waals surface area contributed by atoms with Crippen LogP contribution in [0.25, 0.3) is 0 Å². The Labute approximate surface area is 166 Å². The molecule has 1 amide bonds. The molecule has 2 aromatic carbocycles. The number of hydrogen-bond acceptors (Lipinski definition) is 4. The first-order valence-electron chi connectivity index (χ1n) is 9.69. The predicted octanol–water partition coefficient (Wildman–Crippen LogP) is 2.23. The monoisotopic (exact) mass is 399 g/mol. The van der Waals surface area contributed by atoms with Gasteiger partial charge in [0.1, 0.15) is 0 Å². The van der Waals surface area contributed by atoms with Gasteiger partial charge in [-0.15, -0.1) is 0 Å². The summed E-state index contributed by atoms with van der Waals surface area (Å²) >= 11 is 0. The van der Waals surface area contributed by atoms with Gasteiger partial charge in [-0.3, -0.25) is 14.0 Å². The van der Waals surface area contributed by atoms with Crippen LogP contribution in [0.4, 0.5) is 5.69 Å². The fourth-order valence-electron chi connectivity index (χ4n) is 3.91. The maximum Gasteiger partial charge on any atom is 0.251 e. The van der Waals surface area contributed by atoms with Crippen molar-refractivity contribution >= 4 is 21.6 Å². The molecule has 0 bridgehead atoms. The van der Waals surface area contributed by atoms with Gasteiger partial charge in [-0.1, -0.05) is 30.3 Å². The Bertz CT molecular complexity index is 929. The van der Waals surface area contributed by atoms with Crippen molar-refractivity contribution in [2.75, 3.05) is 29.7 Å². The number of carbonyl (C=O) groups is 1. The molecule has 0 aromatic heterocycles. The molecule has 1 atom stereocenters. The van der Waals surface area contributed by atoms with Gasteiger partial charge in [-0.25, -0.2) is 8.42 Å². The third-order valence-electron chi connectivity index (χ3n) is 5.37. The molecular formula is C21H25N3O3S. The molecule has 2 aliphatic rings. The molecule has 0 saturated carbocycles. The number of hydrogen-bond donors (Lipinski definition) is 1. The summed E-state index contributed by atoms with van der Waals surface area (Å²) in [6.45, 7) is 3.20. The van der Waals surface area contributed by atoms with Gasteiger partial charge in [0.25, 0.3) is 5.91 Å². The average molecular weight is 400 g/mol. The second-order valence-electron chi connectivity index (χ2n) is 7.47. The van der Waals surface area contributed by atoms with Crippen LogP contribution in [0.15, 0.2) is 54.6 Å². The third-order valence-corrected chi connectivity index (χ3v) is 7.24. The van der Waals surface area contributed by atoms with Crippen LogP contribution in [-0.2, 0) is 16.6 Å². The van der Waals surface area contributed by atoms with Crippen LogP contribution in [0.2, 0.25) is 0 Å². The number of carbonyl (C=O) groups excluding carboxylic acids is 1. The Morgan fingerprint density at radius 1 is 1.04 bits per heavy atom. The largest absolute Gasteiger partial charge is 0.348 e. The number of sulfonamides is 1. The Hall–Kier alpha value is -2.38. The lowest BCUT2D eigenvalue weighted by Gasteiger charge is -2.18. The molecule has 4 rings (SSSR count). The summed E-state index contributed by atoms with van der Waals surface area (Å²) < 4.78 is 25.5. The minimum Gasteiger partial charge on any atom is -0.348 e. The summed E-state index contributed by atoms with van der Waals surface area (Å²) in [4.78, 5) is 14.9. The number of amides is 1. The molecular weight excluding hydrogens is 374 g/mol. The van der Waals surface area contributed by atoms with Crippen LogP contribution in [-0.4, -0.2) is 50.7 Å². The van der Waals surface area contributed by atoms with Crippen molar-refractivity contribution in [1.29, 1.82) is 0 Å². The van der Waals surface area contributed by atoms with Gasteiger partial charge in [-0.05, 0) is 42.7 Å². The van der Waals surface area contributed by atoms with E-state index < -0.39 is 10.0 Å². The first-order valence-corrected chi connectivity index (χ1v) is 11.3. The van der Waals surface area contributed by atoms with Crippen LogP contribution in [0.1, 0.15) is 28.8 Å². The van der Waals surface area contributed by atoms with Gasteiger partial charge in [0.15, 0.2) is 0 Å². The molecule has 2 aromatic rings. The standard InChI is InChI=1S/C21H25N3O3S/c25-21(18-7-9-20(10-8-18)24-12-4-14-28(24,26)27)22-19-11-13-23(16-19)15-17-5-2-1-3-6-17/h1-3,5-10,19H,4,11-16H2,(H,22,25)/t19-/m1/s1. The van der Waals surface area contributed by atoms with Gasteiger partial charge in [0, 0.05) is 37.8 Å². The van der Waals surface area contributed by atoms with E-state index in [1.54, 1.807) is 24.3 Å². The zero-order valence-electron chi connectivity index (χ0n) is 15.8. The van der Waals surface area contributed by atoms with Crippen LogP contribution in [0.3, 0.4) is 0 Å². The molecule has 0 unspecified atom stereocenters. The number of anilines is 1. The van der Waals surface area contributed by atoms with Crippen LogP contribution in [0, 0.1) is 0 Å². The minimum absolute atomic E-state index is 0.109. The van der Waals surface area contributed by atoms with Gasteiger partial charge < -0.3 is 5.32 Å². The highest BCUT2D eigenvalue weighted by atomic mass is 32.2. The summed E-state index contributed by atoms with van der Waals surface area (Å²) in [7, 11) is -3.20. The van der Waals surface area contributed by atoms with Crippen LogP contribution >= 0.6 is 0 Å².